The minimum atomic E-state index is -1.03. The predicted molar refractivity (Wildman–Crippen MR) is 76.7 cm³/mol. The highest BCUT2D eigenvalue weighted by molar-refractivity contribution is 7.12. The third-order valence-corrected chi connectivity index (χ3v) is 4.37. The van der Waals surface area contributed by atoms with Crippen molar-refractivity contribution in [2.45, 2.75) is 12.8 Å². The summed E-state index contributed by atoms with van der Waals surface area (Å²) in [6.45, 7) is 1.46. The SMILES string of the molecule is O=C(O)C=Cc1ccsc1C(=O)N1CCC(CO)CC1. The fraction of sp³-hybridized carbons (Fsp3) is 0.429. The molecular weight excluding hydrogens is 278 g/mol. The number of hydrogen-bond acceptors (Lipinski definition) is 4. The van der Waals surface area contributed by atoms with E-state index in [1.165, 1.54) is 17.4 Å². The molecule has 0 unspecified atom stereocenters. The Hall–Kier alpha value is -1.66. The topological polar surface area (TPSA) is 77.8 Å². The van der Waals surface area contributed by atoms with Crippen LogP contribution in [0.5, 0.6) is 0 Å². The maximum absolute atomic E-state index is 12.4. The van der Waals surface area contributed by atoms with Gasteiger partial charge in [0.05, 0.1) is 4.88 Å². The molecule has 0 saturated carbocycles. The van der Waals surface area contributed by atoms with E-state index in [4.69, 9.17) is 10.2 Å². The number of hydrogen-bond donors (Lipinski definition) is 2. The highest BCUT2D eigenvalue weighted by Gasteiger charge is 2.24. The number of piperidine rings is 1. The van der Waals surface area contributed by atoms with Crippen LogP contribution in [-0.2, 0) is 4.79 Å². The van der Waals surface area contributed by atoms with E-state index in [2.05, 4.69) is 0 Å². The average Bonchev–Trinajstić information content (AvgIpc) is 2.93. The van der Waals surface area contributed by atoms with Crippen LogP contribution < -0.4 is 0 Å². The van der Waals surface area contributed by atoms with Crippen molar-refractivity contribution in [3.05, 3.63) is 28.0 Å². The number of aliphatic hydroxyl groups is 1. The van der Waals surface area contributed by atoms with Gasteiger partial charge in [-0.25, -0.2) is 4.79 Å². The van der Waals surface area contributed by atoms with Crippen LogP contribution >= 0.6 is 11.3 Å². The highest BCUT2D eigenvalue weighted by Crippen LogP contribution is 2.24. The van der Waals surface area contributed by atoms with E-state index in [0.29, 0.717) is 23.5 Å². The maximum Gasteiger partial charge on any atom is 0.328 e. The number of nitrogens with zero attached hydrogens (tertiary/aromatic N) is 1. The number of aliphatic carboxylic acids is 1. The first-order chi connectivity index (χ1) is 9.61. The second kappa shape index (κ2) is 6.67. The Labute approximate surface area is 121 Å². The molecule has 0 radical (unpaired) electrons. The van der Waals surface area contributed by atoms with Crippen molar-refractivity contribution >= 4 is 29.3 Å². The summed E-state index contributed by atoms with van der Waals surface area (Å²) in [5.74, 6) is -0.798. The summed E-state index contributed by atoms with van der Waals surface area (Å²) in [7, 11) is 0. The Balaban J connectivity index is 2.07. The minimum absolute atomic E-state index is 0.0542. The quantitative estimate of drug-likeness (QED) is 0.829. The van der Waals surface area contributed by atoms with E-state index in [-0.39, 0.29) is 18.4 Å². The van der Waals surface area contributed by atoms with E-state index in [1.54, 1.807) is 16.3 Å². The molecule has 0 bridgehead atoms. The standard InChI is InChI=1S/C14H17NO4S/c16-9-10-3-6-15(7-4-10)14(19)13-11(5-8-20-13)1-2-12(17)18/h1-2,5,8,10,16H,3-4,6-7,9H2,(H,17,18). The highest BCUT2D eigenvalue weighted by atomic mass is 32.1. The van der Waals surface area contributed by atoms with E-state index in [1.807, 2.05) is 0 Å². The molecule has 6 heteroatoms. The molecule has 1 aliphatic heterocycles. The normalized spacial score (nSPS) is 16.8. The summed E-state index contributed by atoms with van der Waals surface area (Å²) < 4.78 is 0. The van der Waals surface area contributed by atoms with Gasteiger partial charge in [-0.05, 0) is 41.8 Å². The Morgan fingerprint density at radius 1 is 1.40 bits per heavy atom. The number of rotatable bonds is 4. The summed E-state index contributed by atoms with van der Waals surface area (Å²) in [6.07, 6.45) is 4.12. The summed E-state index contributed by atoms with van der Waals surface area (Å²) >= 11 is 1.32. The van der Waals surface area contributed by atoms with Crippen LogP contribution in [0.3, 0.4) is 0 Å². The number of likely N-dealkylation sites (tertiary alicyclic amines) is 1. The Morgan fingerprint density at radius 2 is 2.10 bits per heavy atom. The van der Waals surface area contributed by atoms with Gasteiger partial charge in [0.15, 0.2) is 0 Å². The molecule has 2 rings (SSSR count). The fourth-order valence-electron chi connectivity index (χ4n) is 2.25. The van der Waals surface area contributed by atoms with Crippen LogP contribution in [0, 0.1) is 5.92 Å². The smallest absolute Gasteiger partial charge is 0.328 e. The monoisotopic (exact) mass is 295 g/mol. The van der Waals surface area contributed by atoms with Crippen molar-refractivity contribution in [1.82, 2.24) is 4.90 Å². The molecule has 0 spiro atoms. The van der Waals surface area contributed by atoms with Crippen LogP contribution in [0.2, 0.25) is 0 Å². The van der Waals surface area contributed by atoms with Crippen molar-refractivity contribution in [3.8, 4) is 0 Å². The zero-order valence-corrected chi connectivity index (χ0v) is 11.8. The van der Waals surface area contributed by atoms with Crippen molar-refractivity contribution in [3.63, 3.8) is 0 Å². The zero-order valence-electron chi connectivity index (χ0n) is 11.0. The third kappa shape index (κ3) is 3.46. The molecule has 2 heterocycles. The number of carboxylic acids is 1. The first-order valence-electron chi connectivity index (χ1n) is 6.50. The second-order valence-electron chi connectivity index (χ2n) is 4.79. The molecule has 5 nitrogen and oxygen atoms in total. The summed E-state index contributed by atoms with van der Waals surface area (Å²) in [6, 6.07) is 1.75. The first-order valence-corrected chi connectivity index (χ1v) is 7.38. The Morgan fingerprint density at radius 3 is 2.70 bits per heavy atom. The molecule has 1 amide bonds. The lowest BCUT2D eigenvalue weighted by atomic mass is 9.98. The molecule has 20 heavy (non-hydrogen) atoms. The van der Waals surface area contributed by atoms with E-state index < -0.39 is 5.97 Å². The average molecular weight is 295 g/mol. The van der Waals surface area contributed by atoms with Gasteiger partial charge in [0, 0.05) is 25.8 Å². The van der Waals surface area contributed by atoms with Gasteiger partial charge >= 0.3 is 5.97 Å². The summed E-state index contributed by atoms with van der Waals surface area (Å²) in [4.78, 5) is 25.3. The van der Waals surface area contributed by atoms with Crippen molar-refractivity contribution in [2.75, 3.05) is 19.7 Å². The number of amides is 1. The molecule has 1 aromatic rings. The molecule has 2 N–H and O–H groups in total. The maximum atomic E-state index is 12.4. The van der Waals surface area contributed by atoms with Crippen LogP contribution in [-0.4, -0.2) is 46.7 Å². The number of thiophene rings is 1. The van der Waals surface area contributed by atoms with E-state index in [9.17, 15) is 9.59 Å². The molecule has 1 aromatic heterocycles. The van der Waals surface area contributed by atoms with Crippen LogP contribution in [0.4, 0.5) is 0 Å². The second-order valence-corrected chi connectivity index (χ2v) is 5.71. The Kier molecular flexibility index (Phi) is 4.92. The van der Waals surface area contributed by atoms with Gasteiger partial charge in [0.2, 0.25) is 0 Å². The zero-order chi connectivity index (χ0) is 14.5. The van der Waals surface area contributed by atoms with E-state index in [0.717, 1.165) is 18.9 Å². The lowest BCUT2D eigenvalue weighted by Crippen LogP contribution is -2.39. The molecule has 0 aromatic carbocycles. The van der Waals surface area contributed by atoms with Gasteiger partial charge in [-0.1, -0.05) is 0 Å². The molecule has 1 fully saturated rings. The summed E-state index contributed by atoms with van der Waals surface area (Å²) in [5, 5.41) is 19.5. The molecule has 0 aliphatic carbocycles. The van der Waals surface area contributed by atoms with Crippen molar-refractivity contribution in [1.29, 1.82) is 0 Å². The Bertz CT molecular complexity index is 515. The van der Waals surface area contributed by atoms with Crippen LogP contribution in [0.15, 0.2) is 17.5 Å². The fourth-order valence-corrected chi connectivity index (χ4v) is 3.10. The van der Waals surface area contributed by atoms with Crippen molar-refractivity contribution < 1.29 is 19.8 Å². The molecule has 1 saturated heterocycles. The number of carbonyl (C=O) groups excluding carboxylic acids is 1. The predicted octanol–water partition coefficient (Wildman–Crippen LogP) is 1.69. The third-order valence-electron chi connectivity index (χ3n) is 3.46. The number of aliphatic hydroxyl groups excluding tert-OH is 1. The minimum Gasteiger partial charge on any atom is -0.478 e. The van der Waals surface area contributed by atoms with Gasteiger partial charge in [0.25, 0.3) is 5.91 Å². The van der Waals surface area contributed by atoms with Gasteiger partial charge in [-0.15, -0.1) is 11.3 Å². The lowest BCUT2D eigenvalue weighted by molar-refractivity contribution is -0.131. The van der Waals surface area contributed by atoms with Crippen molar-refractivity contribution in [2.24, 2.45) is 5.92 Å². The molecular formula is C14H17NO4S. The lowest BCUT2D eigenvalue weighted by Gasteiger charge is -2.31. The number of carboxylic acid groups (broad SMARTS) is 1. The molecule has 1 aliphatic rings. The van der Waals surface area contributed by atoms with E-state index >= 15 is 0 Å². The molecule has 108 valence electrons. The van der Waals surface area contributed by atoms with Gasteiger partial charge in [0.1, 0.15) is 0 Å². The first kappa shape index (κ1) is 14.7. The van der Waals surface area contributed by atoms with Gasteiger partial charge in [-0.3, -0.25) is 4.79 Å². The van der Waals surface area contributed by atoms with Gasteiger partial charge < -0.3 is 15.1 Å². The van der Waals surface area contributed by atoms with Gasteiger partial charge in [-0.2, -0.15) is 0 Å². The summed E-state index contributed by atoms with van der Waals surface area (Å²) in [5.41, 5.74) is 0.645. The van der Waals surface area contributed by atoms with Crippen LogP contribution in [0.1, 0.15) is 28.1 Å². The van der Waals surface area contributed by atoms with Crippen LogP contribution in [0.25, 0.3) is 6.08 Å². The molecule has 0 atom stereocenters. The number of carbonyl (C=O) groups is 2. The largest absolute Gasteiger partial charge is 0.478 e.